The van der Waals surface area contributed by atoms with E-state index in [1.54, 1.807) is 11.8 Å². The van der Waals surface area contributed by atoms with Gasteiger partial charge in [0.1, 0.15) is 6.61 Å². The van der Waals surface area contributed by atoms with Crippen LogP contribution in [-0.2, 0) is 19.6 Å². The minimum absolute atomic E-state index is 0.483. The number of methoxy groups -OCH3 is 1. The van der Waals surface area contributed by atoms with Gasteiger partial charge in [0.25, 0.3) is 0 Å². The summed E-state index contributed by atoms with van der Waals surface area (Å²) in [5.41, 5.74) is 6.66. The van der Waals surface area contributed by atoms with Crippen LogP contribution in [0.1, 0.15) is 29.4 Å². The number of aromatic amines is 1. The lowest BCUT2D eigenvalue weighted by molar-refractivity contribution is 0.283. The highest BCUT2D eigenvalue weighted by Gasteiger charge is 2.12. The Kier molecular flexibility index (Phi) is 6.74. The molecule has 0 saturated carbocycles. The van der Waals surface area contributed by atoms with Crippen LogP contribution in [0, 0.1) is 11.7 Å². The Morgan fingerprint density at radius 1 is 1.21 bits per heavy atom. The van der Waals surface area contributed by atoms with Crippen LogP contribution in [0.4, 0.5) is 0 Å². The van der Waals surface area contributed by atoms with Crippen molar-refractivity contribution in [3.63, 3.8) is 0 Å². The van der Waals surface area contributed by atoms with Crippen LogP contribution >= 0.6 is 28.1 Å². The van der Waals surface area contributed by atoms with Crippen LogP contribution in [0.2, 0.25) is 0 Å². The molecule has 0 unspecified atom stereocenters. The molecule has 0 fully saturated rings. The molecule has 148 valence electrons. The van der Waals surface area contributed by atoms with Crippen LogP contribution in [0.5, 0.6) is 11.5 Å². The quantitative estimate of drug-likeness (QED) is 0.465. The van der Waals surface area contributed by atoms with Crippen LogP contribution < -0.4 is 14.9 Å². The molecule has 8 heteroatoms. The van der Waals surface area contributed by atoms with Gasteiger partial charge in [0.05, 0.1) is 13.7 Å². The van der Waals surface area contributed by atoms with Gasteiger partial charge < -0.3 is 14.9 Å². The summed E-state index contributed by atoms with van der Waals surface area (Å²) in [7, 11) is 1.64. The molecule has 0 amide bonds. The fraction of sp³-hybridized carbons (Fsp3) is 0.300. The van der Waals surface area contributed by atoms with Crippen molar-refractivity contribution in [2.24, 2.45) is 0 Å². The second kappa shape index (κ2) is 9.25. The monoisotopic (exact) mass is 462 g/mol. The van der Waals surface area contributed by atoms with Gasteiger partial charge in [-0.05, 0) is 48.0 Å². The van der Waals surface area contributed by atoms with Gasteiger partial charge in [-0.25, -0.2) is 4.68 Å². The third kappa shape index (κ3) is 4.56. The van der Waals surface area contributed by atoms with E-state index in [1.807, 2.05) is 31.2 Å². The Balaban J connectivity index is 1.76. The Labute approximate surface area is 178 Å². The van der Waals surface area contributed by atoms with E-state index in [2.05, 4.69) is 50.6 Å². The van der Waals surface area contributed by atoms with Crippen molar-refractivity contribution < 1.29 is 9.47 Å². The molecule has 1 heterocycles. The molecule has 1 aromatic heterocycles. The molecular formula is C20H23BrN4O2S. The number of benzene rings is 2. The van der Waals surface area contributed by atoms with Gasteiger partial charge in [0, 0.05) is 10.9 Å². The van der Waals surface area contributed by atoms with Crippen molar-refractivity contribution in [3.8, 4) is 11.5 Å². The van der Waals surface area contributed by atoms with Crippen LogP contribution in [0.15, 0.2) is 40.9 Å². The Bertz CT molecular complexity index is 1020. The van der Waals surface area contributed by atoms with Crippen molar-refractivity contribution in [1.29, 1.82) is 0 Å². The minimum Gasteiger partial charge on any atom is -0.493 e. The lowest BCUT2D eigenvalue weighted by Gasteiger charge is -2.16. The summed E-state index contributed by atoms with van der Waals surface area (Å²) in [6.45, 7) is 5.14. The summed E-state index contributed by atoms with van der Waals surface area (Å²) in [5.74, 6) is 2.22. The topological polar surface area (TPSA) is 64.1 Å². The molecule has 3 rings (SSSR count). The van der Waals surface area contributed by atoms with Crippen molar-refractivity contribution >= 4 is 28.1 Å². The van der Waals surface area contributed by atoms with Crippen LogP contribution in [-0.4, -0.2) is 22.0 Å². The number of aryl methyl sites for hydroxylation is 2. The van der Waals surface area contributed by atoms with Gasteiger partial charge in [-0.1, -0.05) is 47.1 Å². The average Bonchev–Trinajstić information content (AvgIpc) is 3.06. The summed E-state index contributed by atoms with van der Waals surface area (Å²) < 4.78 is 14.8. The molecule has 28 heavy (non-hydrogen) atoms. The number of hydrogen-bond acceptors (Lipinski definition) is 5. The number of nitrogens with zero attached hydrogens (tertiary/aromatic N) is 2. The fourth-order valence-corrected chi connectivity index (χ4v) is 3.48. The summed E-state index contributed by atoms with van der Waals surface area (Å²) in [6.07, 6.45) is 0.774. The van der Waals surface area contributed by atoms with E-state index >= 15 is 0 Å². The highest BCUT2D eigenvalue weighted by molar-refractivity contribution is 9.10. The van der Waals surface area contributed by atoms with E-state index in [0.717, 1.165) is 27.8 Å². The molecule has 0 spiro atoms. The smallest absolute Gasteiger partial charge is 0.214 e. The number of rotatable bonds is 8. The maximum Gasteiger partial charge on any atom is 0.214 e. The molecule has 0 saturated heterocycles. The number of H-pyrrole nitrogens is 1. The third-order valence-electron chi connectivity index (χ3n) is 4.46. The normalized spacial score (nSPS) is 10.7. The van der Waals surface area contributed by atoms with Crippen molar-refractivity contribution in [3.05, 3.63) is 68.2 Å². The van der Waals surface area contributed by atoms with Gasteiger partial charge in [-0.15, -0.1) is 0 Å². The van der Waals surface area contributed by atoms with E-state index in [9.17, 15) is 0 Å². The highest BCUT2D eigenvalue weighted by Crippen LogP contribution is 2.34. The first-order valence-electron chi connectivity index (χ1n) is 8.97. The third-order valence-corrected chi connectivity index (χ3v) is 5.47. The standard InChI is InChI=1S/C20H23BrN4O2S/c1-4-19-23-24-20(28)25(19)22-11-15-9-17(26-3)18(10-16(15)21)27-12-14-8-6-5-7-13(14)2/h5-10,22H,4,11-12H2,1-3H3,(H,24,28). The maximum atomic E-state index is 6.02. The molecule has 6 nitrogen and oxygen atoms in total. The summed E-state index contributed by atoms with van der Waals surface area (Å²) >= 11 is 8.91. The molecule has 0 aliphatic carbocycles. The number of hydrogen-bond donors (Lipinski definition) is 2. The number of nitrogens with one attached hydrogen (secondary N) is 2. The van der Waals surface area contributed by atoms with Gasteiger partial charge >= 0.3 is 0 Å². The Hall–Kier alpha value is -2.32. The molecule has 0 bridgehead atoms. The predicted molar refractivity (Wildman–Crippen MR) is 116 cm³/mol. The molecule has 0 aliphatic rings. The molecule has 0 atom stereocenters. The first-order valence-corrected chi connectivity index (χ1v) is 10.2. The summed E-state index contributed by atoms with van der Waals surface area (Å²) in [6, 6.07) is 12.1. The maximum absolute atomic E-state index is 6.02. The Morgan fingerprint density at radius 3 is 2.71 bits per heavy atom. The SMILES string of the molecule is CCc1n[nH]c(=S)n1NCc1cc(OC)c(OCc2ccccc2C)cc1Br. The number of halogens is 1. The molecule has 3 aromatic rings. The lowest BCUT2D eigenvalue weighted by Crippen LogP contribution is -2.17. The van der Waals surface area contributed by atoms with Crippen molar-refractivity contribution in [2.75, 3.05) is 12.5 Å². The van der Waals surface area contributed by atoms with Crippen molar-refractivity contribution in [1.82, 2.24) is 14.9 Å². The predicted octanol–water partition coefficient (Wildman–Crippen LogP) is 4.91. The summed E-state index contributed by atoms with van der Waals surface area (Å²) in [4.78, 5) is 0. The van der Waals surface area contributed by atoms with Crippen LogP contribution in [0.25, 0.3) is 0 Å². The first-order chi connectivity index (χ1) is 13.5. The average molecular weight is 463 g/mol. The molecular weight excluding hydrogens is 440 g/mol. The fourth-order valence-electron chi connectivity index (χ4n) is 2.81. The second-order valence-corrected chi connectivity index (χ2v) is 7.52. The minimum atomic E-state index is 0.483. The number of ether oxygens (including phenoxy) is 2. The van der Waals surface area contributed by atoms with Crippen LogP contribution in [0.3, 0.4) is 0 Å². The zero-order chi connectivity index (χ0) is 20.1. The van der Waals surface area contributed by atoms with E-state index < -0.39 is 0 Å². The number of aromatic nitrogens is 3. The lowest BCUT2D eigenvalue weighted by atomic mass is 10.1. The molecule has 0 radical (unpaired) electrons. The van der Waals surface area contributed by atoms with Gasteiger partial charge in [-0.3, -0.25) is 5.10 Å². The summed E-state index contributed by atoms with van der Waals surface area (Å²) in [5, 5.41) is 7.01. The molecule has 2 aromatic carbocycles. The van der Waals surface area contributed by atoms with E-state index in [0.29, 0.717) is 29.4 Å². The van der Waals surface area contributed by atoms with Gasteiger partial charge in [0.15, 0.2) is 17.3 Å². The first kappa shape index (κ1) is 20.4. The second-order valence-electron chi connectivity index (χ2n) is 6.28. The Morgan fingerprint density at radius 2 is 2.00 bits per heavy atom. The molecule has 0 aliphatic heterocycles. The van der Waals surface area contributed by atoms with E-state index in [1.165, 1.54) is 5.56 Å². The van der Waals surface area contributed by atoms with E-state index in [-0.39, 0.29) is 0 Å². The largest absolute Gasteiger partial charge is 0.493 e. The zero-order valence-electron chi connectivity index (χ0n) is 16.1. The van der Waals surface area contributed by atoms with Gasteiger partial charge in [-0.2, -0.15) is 5.10 Å². The zero-order valence-corrected chi connectivity index (χ0v) is 18.5. The van der Waals surface area contributed by atoms with E-state index in [4.69, 9.17) is 21.7 Å². The van der Waals surface area contributed by atoms with Crippen molar-refractivity contribution in [2.45, 2.75) is 33.4 Å². The highest BCUT2D eigenvalue weighted by atomic mass is 79.9. The van der Waals surface area contributed by atoms with Gasteiger partial charge in [0.2, 0.25) is 4.77 Å². The molecule has 2 N–H and O–H groups in total.